The Labute approximate surface area is 602 Å². The number of nitrogens with zero attached hydrogens (tertiary/aromatic N) is 3. The Morgan fingerprint density at radius 3 is 1.08 bits per heavy atom. The molecule has 0 radical (unpaired) electrons. The second-order valence-electron chi connectivity index (χ2n) is 28.0. The molecule has 2 aliphatic carbocycles. The van der Waals surface area contributed by atoms with Crippen LogP contribution in [0.5, 0.6) is 0 Å². The largest absolute Gasteiger partial charge is 0.480 e. The molecule has 0 unspecified atom stereocenters. The molecule has 2 saturated carbocycles. The quantitative estimate of drug-likeness (QED) is 0.0251. The lowest BCUT2D eigenvalue weighted by Gasteiger charge is -2.34. The van der Waals surface area contributed by atoms with Gasteiger partial charge in [0.2, 0.25) is 27.2 Å². The number of esters is 4. The molecule has 12 atom stereocenters. The van der Waals surface area contributed by atoms with Crippen molar-refractivity contribution in [3.63, 3.8) is 0 Å². The number of hydrogen-bond acceptors (Lipinski definition) is 32. The topological polar surface area (TPSA) is 485 Å². The van der Waals surface area contributed by atoms with Crippen molar-refractivity contribution in [2.75, 3.05) is 67.0 Å². The molecule has 0 bridgehead atoms. The molecule has 10 rings (SSSR count). The molecule has 2 spiro atoms. The van der Waals surface area contributed by atoms with Gasteiger partial charge >= 0.3 is 56.6 Å². The van der Waals surface area contributed by atoms with E-state index in [-0.39, 0.29) is 0 Å². The minimum atomic E-state index is -4.79. The third kappa shape index (κ3) is 18.2. The predicted octanol–water partition coefficient (Wildman–Crippen LogP) is 3.26. The lowest BCUT2D eigenvalue weighted by molar-refractivity contribution is -0.253. The minimum absolute atomic E-state index is 0.503. The number of carbonyl (C=O) groups excluding carboxylic acids is 4. The number of aromatic nitrogens is 6. The van der Waals surface area contributed by atoms with Crippen LogP contribution in [0.4, 0.5) is 13.2 Å². The van der Waals surface area contributed by atoms with Crippen molar-refractivity contribution in [2.24, 2.45) is 23.7 Å². The van der Waals surface area contributed by atoms with Gasteiger partial charge in [0.25, 0.3) is 16.7 Å². The van der Waals surface area contributed by atoms with Gasteiger partial charge in [-0.2, -0.15) is 0 Å². The smallest absolute Gasteiger partial charge is 0.438 e. The fraction of sp³-hybridized carbons (Fsp3) is 0.746. The number of rotatable bonds is 29. The third-order valence-corrected chi connectivity index (χ3v) is 21.1. The van der Waals surface area contributed by atoms with E-state index in [1.54, 1.807) is 41.5 Å². The Kier molecular flexibility index (Phi) is 27.1. The molecule has 6 N–H and O–H groups in total. The van der Waals surface area contributed by atoms with Crippen LogP contribution in [0.3, 0.4) is 0 Å². The molecule has 0 aromatic carbocycles. The molecule has 7 fully saturated rings. The van der Waals surface area contributed by atoms with E-state index in [9.17, 15) is 81.2 Å². The fourth-order valence-corrected chi connectivity index (χ4v) is 14.8. The summed E-state index contributed by atoms with van der Waals surface area (Å²) in [5.41, 5.74) is -15.5. The zero-order valence-corrected chi connectivity index (χ0v) is 61.8. The lowest BCUT2D eigenvalue weighted by atomic mass is 9.88. The average molecular weight is 1560 g/mol. The first-order chi connectivity index (χ1) is 49.6. The highest BCUT2D eigenvalue weighted by atomic mass is 31.2. The molecule has 3 aromatic heterocycles. The maximum absolute atomic E-state index is 15.2. The van der Waals surface area contributed by atoms with Gasteiger partial charge in [-0.1, -0.05) is 55.4 Å². The average Bonchev–Trinajstić information content (AvgIpc) is 1.54. The first-order valence-electron chi connectivity index (χ1n) is 33.8. The van der Waals surface area contributed by atoms with E-state index >= 15 is 4.39 Å². The number of alkyl halides is 3. The molecule has 106 heavy (non-hydrogen) atoms. The Morgan fingerprint density at radius 2 is 0.783 bits per heavy atom. The summed E-state index contributed by atoms with van der Waals surface area (Å²) in [6, 6.07) is 3.22. The highest BCUT2D eigenvalue weighted by Crippen LogP contribution is 2.62. The highest BCUT2D eigenvalue weighted by molar-refractivity contribution is 7.48. The summed E-state index contributed by atoms with van der Waals surface area (Å²) in [6.07, 6.45) is 0.983. The molecule has 596 valence electrons. The van der Waals surface area contributed by atoms with Gasteiger partial charge in [0.1, 0.15) is 55.1 Å². The van der Waals surface area contributed by atoms with Gasteiger partial charge in [0, 0.05) is 62.5 Å². The summed E-state index contributed by atoms with van der Waals surface area (Å²) in [4.78, 5) is 125. The highest BCUT2D eigenvalue weighted by Gasteiger charge is 2.74. The summed E-state index contributed by atoms with van der Waals surface area (Å²) in [5.74, 6) is -6.85. The lowest BCUT2D eigenvalue weighted by Crippen LogP contribution is -2.53. The molecule has 3 aromatic rings. The molecular weight excluding hydrogens is 1470 g/mol. The van der Waals surface area contributed by atoms with Crippen LogP contribution in [-0.4, -0.2) is 198 Å². The van der Waals surface area contributed by atoms with E-state index in [4.69, 9.17) is 79.2 Å². The molecule has 0 amide bonds. The van der Waals surface area contributed by atoms with Gasteiger partial charge in [0.15, 0.2) is 47.1 Å². The van der Waals surface area contributed by atoms with Crippen LogP contribution in [0.1, 0.15) is 146 Å². The summed E-state index contributed by atoms with van der Waals surface area (Å²) in [7, 11) is -9.50. The van der Waals surface area contributed by atoms with Crippen LogP contribution >= 0.6 is 15.6 Å². The van der Waals surface area contributed by atoms with Crippen LogP contribution in [0.25, 0.3) is 0 Å². The van der Waals surface area contributed by atoms with Gasteiger partial charge in [0.05, 0.1) is 43.5 Å². The first kappa shape index (κ1) is 85.1. The normalized spacial score (nSPS) is 29.8. The summed E-state index contributed by atoms with van der Waals surface area (Å²) >= 11 is 0. The van der Waals surface area contributed by atoms with Crippen LogP contribution in [0, 0.1) is 23.7 Å². The molecular formula is C63H91F3N6O32P2. The van der Waals surface area contributed by atoms with Crippen molar-refractivity contribution in [3.05, 3.63) is 99.3 Å². The second kappa shape index (κ2) is 33.8. The maximum Gasteiger partial charge on any atom is 0.480 e. The van der Waals surface area contributed by atoms with E-state index in [2.05, 4.69) is 9.97 Å². The number of ether oxygens (including phenoxy) is 11. The van der Waals surface area contributed by atoms with Crippen LogP contribution < -0.4 is 33.7 Å². The van der Waals surface area contributed by atoms with Gasteiger partial charge in [-0.3, -0.25) is 71.3 Å². The number of carbonyl (C=O) groups is 4. The number of aromatic amines is 3. The molecule has 38 nitrogen and oxygen atoms in total. The number of H-pyrrole nitrogens is 3. The number of aliphatic hydroxyl groups is 3. The molecule has 5 aliphatic heterocycles. The summed E-state index contributed by atoms with van der Waals surface area (Å²) in [5, 5.41) is 31.5. The van der Waals surface area contributed by atoms with E-state index in [1.165, 1.54) is 46.2 Å². The van der Waals surface area contributed by atoms with E-state index in [1.807, 2.05) is 4.98 Å². The molecule has 43 heteroatoms. The third-order valence-electron chi connectivity index (χ3n) is 18.5. The van der Waals surface area contributed by atoms with Gasteiger partial charge in [-0.15, -0.1) is 0 Å². The van der Waals surface area contributed by atoms with E-state index in [0.717, 1.165) is 60.1 Å². The Morgan fingerprint density at radius 1 is 0.491 bits per heavy atom. The van der Waals surface area contributed by atoms with Crippen molar-refractivity contribution in [2.45, 2.75) is 210 Å². The van der Waals surface area contributed by atoms with Crippen molar-refractivity contribution in [1.82, 2.24) is 28.7 Å². The Hall–Kier alpha value is -6.47. The monoisotopic (exact) mass is 1560 g/mol. The maximum atomic E-state index is 15.2. The standard InChI is InChI=1S/C26H38FN2O13P.C21H32FN2O13P.C16H21FN2O6/c1-16(2)19(31)35-14-38-43(34,39-15-36-20(32)17(3)4)37-13-25(12-27)21-24(5,42-26(40-21)9-6-7-10-26)22(41-25)29-11-8-18(30)28-23(29)33;1-12(2)15(26)32-10-35-38(31,36-11-33-16(27)13(3)4)34-9-21(8-22)17(28)20(5,30)18(37-21)24-7-6-14(25)23-19(24)29;1-14-11(23-16(25-14)5-2-3-6-16)15(8-17,9-20)24-12(14)19-7-4-10(21)18-13(19)22/h8,11,16-17,21-22H,6-7,9-10,12-15H2,1-5H3,(H,28,30,33);6-7,12-13,17-18,28,30H,8-11H2,1-5H3,(H,23,25,29);4,7,11-12,20H,2-3,5-6,8-9H2,1H3,(H,18,21,22)/t21-,22+,24+,25+;17-,18+,20+,21+;11-,12+,14+,15+/m000/s1. The number of hydrogen-bond donors (Lipinski definition) is 6. The second-order valence-corrected chi connectivity index (χ2v) is 31.4. The van der Waals surface area contributed by atoms with Crippen LogP contribution in [-0.2, 0) is 108 Å². The Balaban J connectivity index is 0.000000207. The van der Waals surface area contributed by atoms with Crippen molar-refractivity contribution in [3.8, 4) is 0 Å². The first-order valence-corrected chi connectivity index (χ1v) is 36.7. The van der Waals surface area contributed by atoms with Gasteiger partial charge in [-0.05, 0) is 46.5 Å². The van der Waals surface area contributed by atoms with Crippen molar-refractivity contribution < 1.29 is 136 Å². The number of phosphoric acid groups is 2. The summed E-state index contributed by atoms with van der Waals surface area (Å²) < 4.78 is 166. The number of halogens is 3. The number of nitrogens with one attached hydrogen (secondary N) is 3. The Bertz CT molecular complexity index is 4010. The fourth-order valence-electron chi connectivity index (χ4n) is 12.9. The van der Waals surface area contributed by atoms with Gasteiger partial charge in [-0.25, -0.2) is 54.8 Å². The van der Waals surface area contributed by atoms with Crippen molar-refractivity contribution in [1.29, 1.82) is 0 Å². The number of fused-ring (bicyclic) bond motifs is 2. The minimum Gasteiger partial charge on any atom is -0.438 e. The van der Waals surface area contributed by atoms with Crippen molar-refractivity contribution >= 4 is 39.5 Å². The van der Waals surface area contributed by atoms with Crippen LogP contribution in [0.2, 0.25) is 0 Å². The van der Waals surface area contributed by atoms with E-state index < -0.39 is 246 Å². The molecule has 5 saturated heterocycles. The molecule has 8 heterocycles. The number of phosphoric ester groups is 2. The number of aliphatic hydroxyl groups excluding tert-OH is 2. The SMILES string of the molecule is CC(C)C(=O)OCOP(=O)(OCOC(=O)C(C)C)OC[C@@]1(CF)O[C@@H](n2ccc(=O)[nH]c2=O)[C@](C)(O)[C@@H]1O.CC(C)C(=O)OCOP(=O)(OCOC(=O)C(C)C)OC[C@@]1(CF)O[C@@H](n2ccc(=O)[nH]c2=O)[C@]2(C)OC3(CCCC3)O[C@H]12.C[C@@]12OC3(CCCC3)O[C@@H]1[C@](CO)(CF)O[C@H]2n1ccc(=O)[nH]c1=O. The zero-order chi connectivity index (χ0) is 78.4. The molecule has 7 aliphatic rings. The predicted molar refractivity (Wildman–Crippen MR) is 350 cm³/mol. The van der Waals surface area contributed by atoms with E-state index in [0.29, 0.717) is 30.3 Å². The van der Waals surface area contributed by atoms with Crippen LogP contribution in [0.15, 0.2) is 65.6 Å². The summed E-state index contributed by atoms with van der Waals surface area (Å²) in [6.45, 7) is 6.90. The zero-order valence-electron chi connectivity index (χ0n) is 60.0. The van der Waals surface area contributed by atoms with Gasteiger partial charge < -0.3 is 67.4 Å².